The molecule has 0 unspecified atom stereocenters. The second-order valence-corrected chi connectivity index (χ2v) is 11.2. The molecule has 0 aliphatic carbocycles. The lowest BCUT2D eigenvalue weighted by Gasteiger charge is -2.21. The molecular weight excluding hydrogens is 672 g/mol. The largest absolute Gasteiger partial charge is 0.496 e. The second-order valence-electron chi connectivity index (χ2n) is 11.2. The third-order valence-corrected chi connectivity index (χ3v) is 8.25. The predicted molar refractivity (Wildman–Crippen MR) is 195 cm³/mol. The summed E-state index contributed by atoms with van der Waals surface area (Å²) in [5.74, 6) is 3.24. The summed E-state index contributed by atoms with van der Waals surface area (Å²) in [6.07, 6.45) is 3.17. The van der Waals surface area contributed by atoms with Crippen LogP contribution in [0.4, 0.5) is 11.6 Å². The Balaban J connectivity index is 1.26. The van der Waals surface area contributed by atoms with Crippen molar-refractivity contribution < 1.29 is 38.0 Å². The number of hydrazine groups is 2. The Morgan fingerprint density at radius 2 is 0.904 bits per heavy atom. The highest BCUT2D eigenvalue weighted by Crippen LogP contribution is 2.38. The van der Waals surface area contributed by atoms with Crippen molar-refractivity contribution in [2.75, 3.05) is 53.5 Å². The minimum absolute atomic E-state index is 0.137. The molecule has 2 aliphatic heterocycles. The number of nitrogens with one attached hydrogen (secondary N) is 2. The molecule has 0 saturated heterocycles. The molecule has 16 heteroatoms. The van der Waals surface area contributed by atoms with E-state index in [4.69, 9.17) is 28.4 Å². The van der Waals surface area contributed by atoms with Gasteiger partial charge in [-0.3, -0.25) is 20.4 Å². The molecule has 2 N–H and O–H groups in total. The Morgan fingerprint density at radius 3 is 1.21 bits per heavy atom. The van der Waals surface area contributed by atoms with E-state index in [1.54, 1.807) is 50.3 Å². The van der Waals surface area contributed by atoms with Crippen LogP contribution < -0.4 is 39.3 Å². The molecule has 3 aromatic carbocycles. The molecule has 0 spiro atoms. The van der Waals surface area contributed by atoms with E-state index >= 15 is 0 Å². The number of methoxy groups -OCH3 is 6. The number of rotatable bonds is 12. The number of ether oxygens (including phenoxy) is 6. The zero-order valence-corrected chi connectivity index (χ0v) is 29.7. The highest BCUT2D eigenvalue weighted by Gasteiger charge is 2.32. The maximum absolute atomic E-state index is 13.7. The number of carbonyl (C=O) groups is 2. The molecule has 6 rings (SSSR count). The van der Waals surface area contributed by atoms with Gasteiger partial charge >= 0.3 is 0 Å². The van der Waals surface area contributed by atoms with Gasteiger partial charge in [-0.05, 0) is 26.0 Å². The van der Waals surface area contributed by atoms with Gasteiger partial charge in [-0.25, -0.2) is 20.0 Å². The lowest BCUT2D eigenvalue weighted by Crippen LogP contribution is -2.37. The third-order valence-electron chi connectivity index (χ3n) is 8.25. The average molecular weight is 709 g/mol. The number of hydrogen-bond acceptors (Lipinski definition) is 14. The fourth-order valence-electron chi connectivity index (χ4n) is 5.62. The molecule has 0 bridgehead atoms. The molecule has 0 fully saturated rings. The van der Waals surface area contributed by atoms with Gasteiger partial charge in [0, 0.05) is 35.0 Å². The average Bonchev–Trinajstić information content (AvgIpc) is 3.59. The Hall–Kier alpha value is -6.84. The summed E-state index contributed by atoms with van der Waals surface area (Å²) in [6.45, 7) is 3.37. The number of aliphatic imine (C=N–C) groups is 2. The van der Waals surface area contributed by atoms with E-state index < -0.39 is 11.8 Å². The van der Waals surface area contributed by atoms with Crippen molar-refractivity contribution in [2.24, 2.45) is 9.98 Å². The molecule has 268 valence electrons. The van der Waals surface area contributed by atoms with Gasteiger partial charge in [-0.15, -0.1) is 10.2 Å². The summed E-state index contributed by atoms with van der Waals surface area (Å²) >= 11 is 0. The summed E-state index contributed by atoms with van der Waals surface area (Å²) in [5.41, 5.74) is 7.43. The molecular formula is C36H36N8O8. The third kappa shape index (κ3) is 6.44. The zero-order valence-electron chi connectivity index (χ0n) is 29.7. The van der Waals surface area contributed by atoms with Gasteiger partial charge in [0.05, 0.1) is 53.8 Å². The van der Waals surface area contributed by atoms with E-state index in [-0.39, 0.29) is 23.0 Å². The van der Waals surface area contributed by atoms with Crippen LogP contribution >= 0.6 is 0 Å². The number of hydrogen-bond donors (Lipinski definition) is 2. The molecule has 4 aromatic rings. The van der Waals surface area contributed by atoms with Crippen LogP contribution in [0.3, 0.4) is 0 Å². The summed E-state index contributed by atoms with van der Waals surface area (Å²) in [4.78, 5) is 36.3. The highest BCUT2D eigenvalue weighted by molar-refractivity contribution is 6.16. The van der Waals surface area contributed by atoms with Crippen LogP contribution in [0.5, 0.6) is 34.5 Å². The number of amides is 2. The second kappa shape index (κ2) is 14.6. The molecule has 52 heavy (non-hydrogen) atoms. The SMILES string of the molecule is COc1cc(OC)c(/C=C2/N=C(C)N(Nc3nnc(NN4C(=O)/C(=C\c5c(OC)cc(OC)cc5OC)N=C4C)c4ccccc34)C2=O)c(OC)c1. The Morgan fingerprint density at radius 1 is 0.558 bits per heavy atom. The number of amidine groups is 2. The van der Waals surface area contributed by atoms with Crippen LogP contribution in [-0.2, 0) is 9.59 Å². The number of benzene rings is 3. The van der Waals surface area contributed by atoms with Crippen LogP contribution in [0.2, 0.25) is 0 Å². The first-order valence-electron chi connectivity index (χ1n) is 15.8. The molecule has 1 aromatic heterocycles. The summed E-state index contributed by atoms with van der Waals surface area (Å²) in [6, 6.07) is 14.0. The van der Waals surface area contributed by atoms with Crippen molar-refractivity contribution in [2.45, 2.75) is 13.8 Å². The number of aromatic nitrogens is 2. The van der Waals surface area contributed by atoms with E-state index in [1.165, 1.54) is 52.7 Å². The summed E-state index contributed by atoms with van der Waals surface area (Å²) in [7, 11) is 9.12. The lowest BCUT2D eigenvalue weighted by molar-refractivity contribution is -0.122. The van der Waals surface area contributed by atoms with Gasteiger partial charge in [0.2, 0.25) is 0 Å². The van der Waals surface area contributed by atoms with E-state index in [0.717, 1.165) is 0 Å². The van der Waals surface area contributed by atoms with Gasteiger partial charge in [0.1, 0.15) is 57.6 Å². The van der Waals surface area contributed by atoms with Gasteiger partial charge in [-0.1, -0.05) is 24.3 Å². The first kappa shape index (κ1) is 35.0. The van der Waals surface area contributed by atoms with Crippen LogP contribution in [0.25, 0.3) is 22.9 Å². The summed E-state index contributed by atoms with van der Waals surface area (Å²) < 4.78 is 32.8. The smallest absolute Gasteiger partial charge is 0.296 e. The topological polar surface area (TPSA) is 171 Å². The van der Waals surface area contributed by atoms with Gasteiger partial charge in [0.25, 0.3) is 11.8 Å². The van der Waals surface area contributed by atoms with E-state index in [2.05, 4.69) is 31.0 Å². The maximum atomic E-state index is 13.7. The minimum Gasteiger partial charge on any atom is -0.496 e. The standard InChI is InChI=1S/C36H36N8O8/c1-19-37-27(17-25-29(49-5)13-21(47-3)14-30(25)50-6)35(45)43(19)41-33-23-11-9-10-12-24(23)34(40-39-33)42-44-20(2)38-28(36(44)46)18-26-31(51-7)15-22(48-4)16-32(26)52-8/h9-18H,1-8H3,(H,39,41)(H,40,42)/b27-17+,28-18+. The number of nitrogens with zero attached hydrogens (tertiary/aromatic N) is 6. The Bertz CT molecular complexity index is 2010. The van der Waals surface area contributed by atoms with Crippen LogP contribution in [0.15, 0.2) is 69.9 Å². The number of carbonyl (C=O) groups excluding carboxylic acids is 2. The van der Waals surface area contributed by atoms with Crippen molar-refractivity contribution in [1.82, 2.24) is 20.2 Å². The van der Waals surface area contributed by atoms with Crippen molar-refractivity contribution in [3.63, 3.8) is 0 Å². The zero-order chi connectivity index (χ0) is 37.1. The fraction of sp³-hybridized carbons (Fsp3) is 0.222. The number of anilines is 2. The van der Waals surface area contributed by atoms with Crippen molar-refractivity contribution in [1.29, 1.82) is 0 Å². The highest BCUT2D eigenvalue weighted by atomic mass is 16.5. The van der Waals surface area contributed by atoms with Gasteiger partial charge in [0.15, 0.2) is 11.6 Å². The van der Waals surface area contributed by atoms with Crippen molar-refractivity contribution in [3.05, 3.63) is 71.1 Å². The van der Waals surface area contributed by atoms with Crippen molar-refractivity contribution >= 4 is 58.0 Å². The van der Waals surface area contributed by atoms with E-state index in [9.17, 15) is 9.59 Å². The molecule has 2 aliphatic rings. The van der Waals surface area contributed by atoms with E-state index in [1.807, 2.05) is 24.3 Å². The Labute approximate surface area is 298 Å². The fourth-order valence-corrected chi connectivity index (χ4v) is 5.62. The Kier molecular flexibility index (Phi) is 9.80. The molecule has 0 atom stereocenters. The lowest BCUT2D eigenvalue weighted by atomic mass is 10.1. The maximum Gasteiger partial charge on any atom is 0.296 e. The molecule has 3 heterocycles. The molecule has 0 saturated carbocycles. The van der Waals surface area contributed by atoms with Gasteiger partial charge in [-0.2, -0.15) is 0 Å². The normalized spacial score (nSPS) is 15.6. The predicted octanol–water partition coefficient (Wildman–Crippen LogP) is 4.94. The van der Waals surface area contributed by atoms with E-state index in [0.29, 0.717) is 68.1 Å². The van der Waals surface area contributed by atoms with Crippen LogP contribution in [-0.4, -0.2) is 86.4 Å². The summed E-state index contributed by atoms with van der Waals surface area (Å²) in [5, 5.41) is 12.5. The molecule has 2 amide bonds. The van der Waals surface area contributed by atoms with Crippen LogP contribution in [0.1, 0.15) is 25.0 Å². The molecule has 16 nitrogen and oxygen atoms in total. The quantitative estimate of drug-likeness (QED) is 0.190. The first-order valence-corrected chi connectivity index (χ1v) is 15.8. The minimum atomic E-state index is -0.440. The monoisotopic (exact) mass is 708 g/mol. The van der Waals surface area contributed by atoms with Gasteiger partial charge < -0.3 is 28.4 Å². The van der Waals surface area contributed by atoms with Crippen molar-refractivity contribution in [3.8, 4) is 34.5 Å². The van der Waals surface area contributed by atoms with Crippen LogP contribution in [0, 0.1) is 0 Å². The number of fused-ring (bicyclic) bond motifs is 1. The molecule has 0 radical (unpaired) electrons. The first-order chi connectivity index (χ1) is 25.1.